The minimum atomic E-state index is -1.32. The lowest BCUT2D eigenvalue weighted by atomic mass is 10.1. The van der Waals surface area contributed by atoms with E-state index in [2.05, 4.69) is 20.3 Å². The lowest BCUT2D eigenvalue weighted by Crippen LogP contribution is -2.14. The second-order valence-corrected chi connectivity index (χ2v) is 5.52. The van der Waals surface area contributed by atoms with Gasteiger partial charge in [-0.05, 0) is 29.6 Å². The molecular formula is C19H14FN5O. The quantitative estimate of drug-likeness (QED) is 0.614. The molecule has 6 nitrogen and oxygen atoms in total. The van der Waals surface area contributed by atoms with Gasteiger partial charge in [0.25, 0.3) is 5.91 Å². The molecule has 0 bridgehead atoms. The fourth-order valence-corrected chi connectivity index (χ4v) is 2.48. The molecule has 0 saturated carbocycles. The van der Waals surface area contributed by atoms with Gasteiger partial charge in [-0.3, -0.25) is 9.78 Å². The van der Waals surface area contributed by atoms with Gasteiger partial charge in [0.05, 0.1) is 35.0 Å². The molecule has 0 aliphatic rings. The first-order valence-corrected chi connectivity index (χ1v) is 7.57. The van der Waals surface area contributed by atoms with Crippen LogP contribution in [0.3, 0.4) is 0 Å². The molecule has 0 unspecified atom stereocenters. The minimum absolute atomic E-state index is 0.0986. The van der Waals surface area contributed by atoms with Crippen LogP contribution in [-0.4, -0.2) is 25.4 Å². The van der Waals surface area contributed by atoms with Gasteiger partial charge < -0.3 is 9.88 Å². The topological polar surface area (TPSA) is 72.7 Å². The Bertz CT molecular complexity index is 1300. The molecule has 1 aromatic carbocycles. The number of amides is 1. The average Bonchev–Trinajstić information content (AvgIpc) is 3.16. The molecule has 26 heavy (non-hydrogen) atoms. The van der Waals surface area contributed by atoms with Crippen molar-refractivity contribution >= 4 is 22.5 Å². The van der Waals surface area contributed by atoms with Crippen LogP contribution in [0.1, 0.15) is 15.8 Å². The Morgan fingerprint density at radius 3 is 2.77 bits per heavy atom. The van der Waals surface area contributed by atoms with E-state index in [0.29, 0.717) is 16.5 Å². The van der Waals surface area contributed by atoms with E-state index in [9.17, 15) is 9.18 Å². The molecule has 0 fully saturated rings. The van der Waals surface area contributed by atoms with Gasteiger partial charge in [-0.1, -0.05) is 12.1 Å². The molecule has 0 atom stereocenters. The highest BCUT2D eigenvalue weighted by Crippen LogP contribution is 2.23. The van der Waals surface area contributed by atoms with Crippen molar-refractivity contribution in [2.24, 2.45) is 7.05 Å². The summed E-state index contributed by atoms with van der Waals surface area (Å²) in [4.78, 5) is 25.1. The number of hydrogen-bond acceptors (Lipinski definition) is 4. The Morgan fingerprint density at radius 1 is 1.15 bits per heavy atom. The molecule has 0 aliphatic heterocycles. The van der Waals surface area contributed by atoms with Crippen molar-refractivity contribution in [2.75, 3.05) is 5.32 Å². The van der Waals surface area contributed by atoms with E-state index < -0.39 is 41.5 Å². The largest absolute Gasteiger partial charge is 0.332 e. The van der Waals surface area contributed by atoms with Gasteiger partial charge >= 0.3 is 0 Å². The van der Waals surface area contributed by atoms with Crippen molar-refractivity contribution in [1.82, 2.24) is 19.5 Å². The second kappa shape index (κ2) is 6.36. The van der Waals surface area contributed by atoms with E-state index in [4.69, 9.17) is 5.48 Å². The van der Waals surface area contributed by atoms with Crippen LogP contribution in [0.25, 0.3) is 22.2 Å². The lowest BCUT2D eigenvalue weighted by molar-refractivity contribution is 0.102. The summed E-state index contributed by atoms with van der Waals surface area (Å²) in [7, 11) is 1.84. The summed E-state index contributed by atoms with van der Waals surface area (Å²) in [5.74, 6) is -2.24. The number of aryl methyl sites for hydroxylation is 1. The van der Waals surface area contributed by atoms with Gasteiger partial charge in [0.2, 0.25) is 0 Å². The minimum Gasteiger partial charge on any atom is -0.332 e. The Kier molecular flexibility index (Phi) is 2.90. The number of fused-ring (bicyclic) bond motifs is 1. The smallest absolute Gasteiger partial charge is 0.259 e. The third kappa shape index (κ3) is 2.90. The molecule has 4 rings (SSSR count). The average molecular weight is 351 g/mol. The predicted molar refractivity (Wildman–Crippen MR) is 96.1 cm³/mol. The molecule has 1 N–H and O–H groups in total. The maximum absolute atomic E-state index is 14.3. The first kappa shape index (κ1) is 11.9. The van der Waals surface area contributed by atoms with Crippen LogP contribution in [0.4, 0.5) is 10.2 Å². The number of nitrogens with zero attached hydrogens (tertiary/aromatic N) is 4. The third-order valence-electron chi connectivity index (χ3n) is 3.79. The summed E-state index contributed by atoms with van der Waals surface area (Å²) >= 11 is 0. The number of nitrogens with one attached hydrogen (secondary N) is 1. The number of pyridine rings is 2. The maximum Gasteiger partial charge on any atom is 0.259 e. The summed E-state index contributed by atoms with van der Waals surface area (Å²) in [6.07, 6.45) is 6.43. The molecule has 0 spiro atoms. The van der Waals surface area contributed by atoms with Gasteiger partial charge in [-0.15, -0.1) is 0 Å². The fourth-order valence-electron chi connectivity index (χ4n) is 2.48. The van der Waals surface area contributed by atoms with Crippen molar-refractivity contribution in [1.29, 1.82) is 0 Å². The highest BCUT2D eigenvalue weighted by atomic mass is 19.1. The number of benzene rings is 1. The van der Waals surface area contributed by atoms with E-state index in [0.717, 1.165) is 5.69 Å². The molecule has 128 valence electrons. The second-order valence-electron chi connectivity index (χ2n) is 5.52. The van der Waals surface area contributed by atoms with E-state index >= 15 is 0 Å². The number of rotatable bonds is 3. The lowest BCUT2D eigenvalue weighted by Gasteiger charge is -2.07. The summed E-state index contributed by atoms with van der Waals surface area (Å²) in [6, 6.07) is 0.268. The summed E-state index contributed by atoms with van der Waals surface area (Å²) in [5, 5.41) is 3.82. The number of imidazole rings is 1. The summed E-state index contributed by atoms with van der Waals surface area (Å²) in [6.45, 7) is 0. The molecular weight excluding hydrogens is 333 g/mol. The van der Waals surface area contributed by atoms with Crippen molar-refractivity contribution in [3.05, 3.63) is 72.6 Å². The highest BCUT2D eigenvalue weighted by Gasteiger charge is 2.12. The zero-order valence-corrected chi connectivity index (χ0v) is 13.5. The van der Waals surface area contributed by atoms with Gasteiger partial charge in [0.1, 0.15) is 11.6 Å². The zero-order valence-electron chi connectivity index (χ0n) is 17.5. The Balaban J connectivity index is 1.71. The summed E-state index contributed by atoms with van der Waals surface area (Å²) in [5.41, 5.74) is 0.684. The number of carbonyl (C=O) groups excluding carboxylic acids is 1. The van der Waals surface area contributed by atoms with E-state index in [-0.39, 0.29) is 5.82 Å². The first-order chi connectivity index (χ1) is 14.3. The Morgan fingerprint density at radius 2 is 1.96 bits per heavy atom. The van der Waals surface area contributed by atoms with E-state index in [1.54, 1.807) is 30.9 Å². The van der Waals surface area contributed by atoms with Crippen molar-refractivity contribution in [3.8, 4) is 11.4 Å². The number of carbonyl (C=O) groups is 1. The number of aromatic nitrogens is 4. The number of hydrogen-bond donors (Lipinski definition) is 1. The van der Waals surface area contributed by atoms with Gasteiger partial charge in [0, 0.05) is 24.8 Å². The number of anilines is 1. The molecule has 4 aromatic rings. The molecule has 0 radical (unpaired) electrons. The standard InChI is InChI=1S/C19H14FN5O/c1-25-11-21-10-17(25)16-6-12-7-18(23-9-13(12)8-22-16)24-19(26)14-4-2-3-5-15(14)20/h2-11H,1H3,(H,23,24,26)/i2D,3D,4D,5D. The third-order valence-corrected chi connectivity index (χ3v) is 3.79. The molecule has 3 aromatic heterocycles. The number of halogens is 1. The van der Waals surface area contributed by atoms with Gasteiger partial charge in [-0.25, -0.2) is 14.4 Å². The molecule has 7 heteroatoms. The maximum atomic E-state index is 14.3. The molecule has 3 heterocycles. The van der Waals surface area contributed by atoms with Crippen molar-refractivity contribution in [3.63, 3.8) is 0 Å². The van der Waals surface area contributed by atoms with E-state index in [1.165, 1.54) is 6.20 Å². The van der Waals surface area contributed by atoms with Crippen molar-refractivity contribution in [2.45, 2.75) is 0 Å². The van der Waals surface area contributed by atoms with Gasteiger partial charge in [0.15, 0.2) is 0 Å². The van der Waals surface area contributed by atoms with Crippen LogP contribution in [0.5, 0.6) is 0 Å². The van der Waals surface area contributed by atoms with E-state index in [1.807, 2.05) is 11.6 Å². The predicted octanol–water partition coefficient (Wildman–Crippen LogP) is 3.42. The molecule has 1 amide bonds. The van der Waals surface area contributed by atoms with Crippen LogP contribution in [0.15, 0.2) is 61.2 Å². The van der Waals surface area contributed by atoms with Crippen LogP contribution in [0.2, 0.25) is 0 Å². The highest BCUT2D eigenvalue weighted by molar-refractivity contribution is 6.04. The SMILES string of the molecule is [2H]c1c([2H])c([2H])c(C(=O)Nc2cc3cc(-c4cncn4C)ncc3cn2)c(F)c1[2H]. The normalized spacial score (nSPS) is 13.0. The van der Waals surface area contributed by atoms with Crippen LogP contribution < -0.4 is 5.32 Å². The van der Waals surface area contributed by atoms with Crippen LogP contribution >= 0.6 is 0 Å². The Hall–Kier alpha value is -3.61. The molecule has 0 saturated heterocycles. The molecule has 0 aliphatic carbocycles. The van der Waals surface area contributed by atoms with Crippen LogP contribution in [0, 0.1) is 5.82 Å². The fraction of sp³-hybridized carbons (Fsp3) is 0.0526. The van der Waals surface area contributed by atoms with Crippen molar-refractivity contribution < 1.29 is 14.7 Å². The summed E-state index contributed by atoms with van der Waals surface area (Å²) < 4.78 is 46.6. The van der Waals surface area contributed by atoms with Crippen LogP contribution in [-0.2, 0) is 7.05 Å². The Labute approximate surface area is 154 Å². The van der Waals surface area contributed by atoms with Gasteiger partial charge in [-0.2, -0.15) is 0 Å². The zero-order chi connectivity index (χ0) is 21.6. The monoisotopic (exact) mass is 351 g/mol. The first-order valence-electron chi connectivity index (χ1n) is 9.57.